The van der Waals surface area contributed by atoms with Crippen molar-refractivity contribution in [3.8, 4) is 0 Å². The third kappa shape index (κ3) is 2.45. The molecule has 0 bridgehead atoms. The molecule has 0 amide bonds. The molecule has 1 saturated heterocycles. The molecule has 2 heteroatoms. The standard InChI is InChI=1S/C14H21NO/c1-10-6-7-12(8-11(10)2)14-5-3-4-13(9-16)15-14/h6-8,13-16H,3-5,9H2,1-2H3. The smallest absolute Gasteiger partial charge is 0.0584 e. The van der Waals surface area contributed by atoms with E-state index in [4.69, 9.17) is 0 Å². The zero-order chi connectivity index (χ0) is 11.5. The third-order valence-corrected chi connectivity index (χ3v) is 3.64. The number of aliphatic hydroxyl groups excluding tert-OH is 1. The Labute approximate surface area is 97.7 Å². The first-order valence-electron chi connectivity index (χ1n) is 6.15. The van der Waals surface area contributed by atoms with E-state index in [2.05, 4.69) is 37.4 Å². The van der Waals surface area contributed by atoms with Crippen LogP contribution in [0.4, 0.5) is 0 Å². The van der Waals surface area contributed by atoms with Crippen molar-refractivity contribution in [2.24, 2.45) is 0 Å². The van der Waals surface area contributed by atoms with E-state index < -0.39 is 0 Å². The molecule has 16 heavy (non-hydrogen) atoms. The van der Waals surface area contributed by atoms with Crippen LogP contribution >= 0.6 is 0 Å². The van der Waals surface area contributed by atoms with Crippen molar-refractivity contribution in [2.75, 3.05) is 6.61 Å². The Hall–Kier alpha value is -0.860. The molecule has 0 radical (unpaired) electrons. The van der Waals surface area contributed by atoms with Crippen molar-refractivity contribution >= 4 is 0 Å². The van der Waals surface area contributed by atoms with Gasteiger partial charge in [-0.1, -0.05) is 18.2 Å². The fourth-order valence-electron chi connectivity index (χ4n) is 2.41. The summed E-state index contributed by atoms with van der Waals surface area (Å²) in [5.41, 5.74) is 4.06. The average Bonchev–Trinajstić information content (AvgIpc) is 2.33. The summed E-state index contributed by atoms with van der Waals surface area (Å²) in [6.45, 7) is 4.55. The van der Waals surface area contributed by atoms with E-state index in [0.29, 0.717) is 6.04 Å². The van der Waals surface area contributed by atoms with Gasteiger partial charge in [-0.25, -0.2) is 0 Å². The summed E-state index contributed by atoms with van der Waals surface area (Å²) in [6, 6.07) is 7.37. The first kappa shape index (κ1) is 11.6. The minimum Gasteiger partial charge on any atom is -0.395 e. The average molecular weight is 219 g/mol. The number of aryl methyl sites for hydroxylation is 2. The Kier molecular flexibility index (Phi) is 3.62. The molecule has 1 fully saturated rings. The molecule has 2 unspecified atom stereocenters. The molecule has 0 saturated carbocycles. The van der Waals surface area contributed by atoms with Crippen molar-refractivity contribution < 1.29 is 5.11 Å². The van der Waals surface area contributed by atoms with Crippen LogP contribution in [-0.4, -0.2) is 17.8 Å². The van der Waals surface area contributed by atoms with E-state index in [1.807, 2.05) is 0 Å². The van der Waals surface area contributed by atoms with E-state index in [1.165, 1.54) is 29.5 Å². The number of piperidine rings is 1. The highest BCUT2D eigenvalue weighted by atomic mass is 16.3. The van der Waals surface area contributed by atoms with Crippen molar-refractivity contribution in [2.45, 2.75) is 45.2 Å². The minimum absolute atomic E-state index is 0.251. The van der Waals surface area contributed by atoms with E-state index in [-0.39, 0.29) is 12.6 Å². The van der Waals surface area contributed by atoms with Crippen LogP contribution in [0.3, 0.4) is 0 Å². The Balaban J connectivity index is 2.13. The van der Waals surface area contributed by atoms with Gasteiger partial charge in [0.05, 0.1) is 6.61 Å². The molecule has 88 valence electrons. The quantitative estimate of drug-likeness (QED) is 0.801. The lowest BCUT2D eigenvalue weighted by Gasteiger charge is -2.30. The van der Waals surface area contributed by atoms with Crippen molar-refractivity contribution in [3.05, 3.63) is 34.9 Å². The SMILES string of the molecule is Cc1ccc(C2CCCC(CO)N2)cc1C. The van der Waals surface area contributed by atoms with Crippen LogP contribution in [0, 0.1) is 13.8 Å². The summed E-state index contributed by atoms with van der Waals surface area (Å²) in [4.78, 5) is 0. The second kappa shape index (κ2) is 4.98. The molecule has 1 heterocycles. The Morgan fingerprint density at radius 1 is 1.25 bits per heavy atom. The predicted molar refractivity (Wildman–Crippen MR) is 66.5 cm³/mol. The number of hydrogen-bond donors (Lipinski definition) is 2. The molecule has 2 nitrogen and oxygen atoms in total. The summed E-state index contributed by atoms with van der Waals surface area (Å²) < 4.78 is 0. The summed E-state index contributed by atoms with van der Waals surface area (Å²) in [5, 5.41) is 12.7. The zero-order valence-electron chi connectivity index (χ0n) is 10.2. The Bertz CT molecular complexity index is 362. The maximum absolute atomic E-state index is 9.19. The monoisotopic (exact) mass is 219 g/mol. The minimum atomic E-state index is 0.251. The van der Waals surface area contributed by atoms with Crippen LogP contribution in [0.1, 0.15) is 42.0 Å². The second-order valence-corrected chi connectivity index (χ2v) is 4.87. The van der Waals surface area contributed by atoms with Gasteiger partial charge in [-0.3, -0.25) is 0 Å². The fraction of sp³-hybridized carbons (Fsp3) is 0.571. The first-order valence-corrected chi connectivity index (χ1v) is 6.15. The van der Waals surface area contributed by atoms with Crippen molar-refractivity contribution in [1.29, 1.82) is 0 Å². The highest BCUT2D eigenvalue weighted by Gasteiger charge is 2.21. The zero-order valence-corrected chi connectivity index (χ0v) is 10.2. The number of hydrogen-bond acceptors (Lipinski definition) is 2. The highest BCUT2D eigenvalue weighted by molar-refractivity contribution is 5.32. The highest BCUT2D eigenvalue weighted by Crippen LogP contribution is 2.26. The van der Waals surface area contributed by atoms with Crippen LogP contribution in [0.2, 0.25) is 0 Å². The molecule has 1 aromatic rings. The molecule has 1 aliphatic rings. The molecule has 2 atom stereocenters. The van der Waals surface area contributed by atoms with Gasteiger partial charge in [0.15, 0.2) is 0 Å². The molecule has 0 aromatic heterocycles. The van der Waals surface area contributed by atoms with Gasteiger partial charge in [0, 0.05) is 12.1 Å². The van der Waals surface area contributed by atoms with Crippen LogP contribution in [0.25, 0.3) is 0 Å². The molecule has 1 aliphatic heterocycles. The number of aliphatic hydroxyl groups is 1. The van der Waals surface area contributed by atoms with Gasteiger partial charge in [0.2, 0.25) is 0 Å². The Morgan fingerprint density at radius 2 is 2.06 bits per heavy atom. The van der Waals surface area contributed by atoms with Gasteiger partial charge in [-0.2, -0.15) is 0 Å². The van der Waals surface area contributed by atoms with Gasteiger partial charge < -0.3 is 10.4 Å². The normalized spacial score (nSPS) is 25.7. The lowest BCUT2D eigenvalue weighted by Crippen LogP contribution is -2.39. The molecule has 1 aromatic carbocycles. The van der Waals surface area contributed by atoms with Crippen LogP contribution in [0.15, 0.2) is 18.2 Å². The van der Waals surface area contributed by atoms with Crippen molar-refractivity contribution in [1.82, 2.24) is 5.32 Å². The summed E-state index contributed by atoms with van der Waals surface area (Å²) in [7, 11) is 0. The molecule has 2 rings (SSSR count). The number of rotatable bonds is 2. The first-order chi connectivity index (χ1) is 7.70. The summed E-state index contributed by atoms with van der Waals surface area (Å²) >= 11 is 0. The number of benzene rings is 1. The summed E-state index contributed by atoms with van der Waals surface area (Å²) in [6.07, 6.45) is 3.48. The van der Waals surface area contributed by atoms with Gasteiger partial charge in [-0.05, 0) is 49.8 Å². The molecule has 0 spiro atoms. The fourth-order valence-corrected chi connectivity index (χ4v) is 2.41. The molecule has 2 N–H and O–H groups in total. The summed E-state index contributed by atoms with van der Waals surface area (Å²) in [5.74, 6) is 0. The maximum atomic E-state index is 9.19. The van der Waals surface area contributed by atoms with Crippen LogP contribution < -0.4 is 5.32 Å². The van der Waals surface area contributed by atoms with E-state index >= 15 is 0 Å². The molecular formula is C14H21NO. The second-order valence-electron chi connectivity index (χ2n) is 4.87. The molecule has 0 aliphatic carbocycles. The molecular weight excluding hydrogens is 198 g/mol. The van der Waals surface area contributed by atoms with E-state index in [1.54, 1.807) is 0 Å². The Morgan fingerprint density at radius 3 is 2.75 bits per heavy atom. The maximum Gasteiger partial charge on any atom is 0.0584 e. The number of nitrogens with one attached hydrogen (secondary N) is 1. The van der Waals surface area contributed by atoms with Crippen molar-refractivity contribution in [3.63, 3.8) is 0 Å². The van der Waals surface area contributed by atoms with Gasteiger partial charge in [0.25, 0.3) is 0 Å². The third-order valence-electron chi connectivity index (χ3n) is 3.64. The predicted octanol–water partition coefficient (Wildman–Crippen LogP) is 2.48. The lowest BCUT2D eigenvalue weighted by atomic mass is 9.92. The van der Waals surface area contributed by atoms with Gasteiger partial charge in [-0.15, -0.1) is 0 Å². The van der Waals surface area contributed by atoms with Crippen LogP contribution in [-0.2, 0) is 0 Å². The topological polar surface area (TPSA) is 32.3 Å². The largest absolute Gasteiger partial charge is 0.395 e. The van der Waals surface area contributed by atoms with Gasteiger partial charge in [0.1, 0.15) is 0 Å². The van der Waals surface area contributed by atoms with Crippen LogP contribution in [0.5, 0.6) is 0 Å². The lowest BCUT2D eigenvalue weighted by molar-refractivity contribution is 0.198. The van der Waals surface area contributed by atoms with E-state index in [0.717, 1.165) is 6.42 Å². The van der Waals surface area contributed by atoms with E-state index in [9.17, 15) is 5.11 Å². The van der Waals surface area contributed by atoms with Gasteiger partial charge >= 0.3 is 0 Å².